The molecule has 17 heavy (non-hydrogen) atoms. The minimum absolute atomic E-state index is 0.774. The molecule has 0 saturated carbocycles. The summed E-state index contributed by atoms with van der Waals surface area (Å²) < 4.78 is 5.48. The Morgan fingerprint density at radius 3 is 2.76 bits per heavy atom. The minimum atomic E-state index is 0.774. The van der Waals surface area contributed by atoms with E-state index in [-0.39, 0.29) is 0 Å². The third kappa shape index (κ3) is 5.58. The van der Waals surface area contributed by atoms with Gasteiger partial charge in [0.25, 0.3) is 0 Å². The second-order valence-electron chi connectivity index (χ2n) is 4.12. The summed E-state index contributed by atoms with van der Waals surface area (Å²) in [6.07, 6.45) is 8.90. The Bertz CT molecular complexity index is 314. The van der Waals surface area contributed by atoms with Crippen molar-refractivity contribution in [1.29, 1.82) is 0 Å². The van der Waals surface area contributed by atoms with Crippen LogP contribution in [0.5, 0.6) is 0 Å². The average Bonchev–Trinajstić information content (AvgIpc) is 2.39. The molecule has 92 valence electrons. The van der Waals surface area contributed by atoms with E-state index in [0.29, 0.717) is 0 Å². The molecule has 0 N–H and O–H groups in total. The smallest absolute Gasteiger partial charge is 0.165 e. The van der Waals surface area contributed by atoms with E-state index in [2.05, 4.69) is 26.2 Å². The van der Waals surface area contributed by atoms with E-state index >= 15 is 0 Å². The number of ether oxygens (including phenoxy) is 1. The third-order valence-corrected chi connectivity index (χ3v) is 2.68. The maximum atomic E-state index is 5.48. The first-order valence-corrected chi connectivity index (χ1v) is 6.59. The normalized spacial score (nSPS) is 11.5. The van der Waals surface area contributed by atoms with Crippen LogP contribution in [0.2, 0.25) is 0 Å². The molecule has 0 saturated heterocycles. The Morgan fingerprint density at radius 1 is 1.24 bits per heavy atom. The molecule has 1 rings (SSSR count). The Kier molecular flexibility index (Phi) is 7.20. The Labute approximate surface area is 106 Å². The molecule has 0 bridgehead atoms. The number of unbranched alkanes of at least 4 members (excludes halogenated alkanes) is 3. The van der Waals surface area contributed by atoms with Crippen LogP contribution in [-0.4, -0.2) is 6.61 Å². The molecule has 1 aromatic carbocycles. The van der Waals surface area contributed by atoms with Gasteiger partial charge in [-0.05, 0) is 24.5 Å². The highest BCUT2D eigenvalue weighted by Crippen LogP contribution is 2.16. The number of hydrogen-bond donors (Lipinski definition) is 0. The van der Waals surface area contributed by atoms with Gasteiger partial charge in [-0.1, -0.05) is 57.4 Å². The fraction of sp³-hybridized carbons (Fsp3) is 0.500. The predicted molar refractivity (Wildman–Crippen MR) is 72.3 cm³/mol. The van der Waals surface area contributed by atoms with Crippen molar-refractivity contribution in [2.45, 2.75) is 46.0 Å². The quantitative estimate of drug-likeness (QED) is 0.467. The van der Waals surface area contributed by atoms with Crippen LogP contribution in [0.15, 0.2) is 24.3 Å². The van der Waals surface area contributed by atoms with Crippen molar-refractivity contribution in [1.82, 2.24) is 0 Å². The van der Waals surface area contributed by atoms with Gasteiger partial charge in [0.05, 0.1) is 6.61 Å². The molecule has 0 aliphatic heterocycles. The van der Waals surface area contributed by atoms with Gasteiger partial charge < -0.3 is 4.74 Å². The van der Waals surface area contributed by atoms with Gasteiger partial charge in [-0.15, -0.1) is 0 Å². The first kappa shape index (κ1) is 13.8. The van der Waals surface area contributed by atoms with E-state index < -0.39 is 0 Å². The summed E-state index contributed by atoms with van der Waals surface area (Å²) >= 11 is 0. The first-order chi connectivity index (χ1) is 8.38. The van der Waals surface area contributed by atoms with E-state index in [0.717, 1.165) is 30.6 Å². The molecule has 0 heterocycles. The molecular formula is C16H22O. The number of rotatable bonds is 8. The lowest BCUT2D eigenvalue weighted by atomic mass is 10.1. The van der Waals surface area contributed by atoms with Crippen molar-refractivity contribution < 1.29 is 4.74 Å². The second kappa shape index (κ2) is 8.86. The highest BCUT2D eigenvalue weighted by atomic mass is 16.5. The molecule has 0 unspecified atom stereocenters. The average molecular weight is 230 g/mol. The van der Waals surface area contributed by atoms with Gasteiger partial charge in [0, 0.05) is 5.57 Å². The zero-order chi connectivity index (χ0) is 12.3. The standard InChI is InChI=1S/C16H22O/c1-3-5-6-10-13-17-14-15(4-2)16-11-8-7-9-12-16/h7-9,11H,3-6,10,13H2,1-2H3. The fourth-order valence-electron chi connectivity index (χ4n) is 1.64. The molecule has 2 radical (unpaired) electrons. The topological polar surface area (TPSA) is 9.23 Å². The maximum Gasteiger partial charge on any atom is 0.165 e. The van der Waals surface area contributed by atoms with Gasteiger partial charge in [-0.25, -0.2) is 0 Å². The number of benzene rings is 1. The molecule has 0 aliphatic rings. The van der Waals surface area contributed by atoms with Crippen molar-refractivity contribution in [2.75, 3.05) is 6.61 Å². The summed E-state index contributed by atoms with van der Waals surface area (Å²) in [4.78, 5) is 0. The largest absolute Gasteiger partial charge is 0.489 e. The second-order valence-corrected chi connectivity index (χ2v) is 4.12. The molecule has 0 aliphatic carbocycles. The molecule has 1 nitrogen and oxygen atoms in total. The van der Waals surface area contributed by atoms with Gasteiger partial charge in [0.2, 0.25) is 0 Å². The molecular weight excluding hydrogens is 208 g/mol. The molecule has 1 heteroatoms. The summed E-state index contributed by atoms with van der Waals surface area (Å²) in [5.41, 5.74) is 2.18. The molecule has 1 aromatic rings. The summed E-state index contributed by atoms with van der Waals surface area (Å²) in [5.74, 6) is 0. The zero-order valence-electron chi connectivity index (χ0n) is 11.0. The van der Waals surface area contributed by atoms with Crippen molar-refractivity contribution in [3.8, 4) is 0 Å². The lowest BCUT2D eigenvalue weighted by Crippen LogP contribution is -1.91. The van der Waals surface area contributed by atoms with Crippen LogP contribution >= 0.6 is 0 Å². The first-order valence-electron chi connectivity index (χ1n) is 6.59. The lowest BCUT2D eigenvalue weighted by molar-refractivity contribution is 0.222. The van der Waals surface area contributed by atoms with Gasteiger partial charge in [0.15, 0.2) is 6.26 Å². The van der Waals surface area contributed by atoms with Gasteiger partial charge in [0.1, 0.15) is 0 Å². The summed E-state index contributed by atoms with van der Waals surface area (Å²) in [6, 6.07) is 11.2. The van der Waals surface area contributed by atoms with E-state index in [1.165, 1.54) is 19.3 Å². The van der Waals surface area contributed by atoms with Crippen LogP contribution in [-0.2, 0) is 4.74 Å². The van der Waals surface area contributed by atoms with Crippen LogP contribution in [0.25, 0.3) is 5.57 Å². The van der Waals surface area contributed by atoms with Crippen LogP contribution in [0.3, 0.4) is 0 Å². The monoisotopic (exact) mass is 230 g/mol. The maximum absolute atomic E-state index is 5.48. The Hall–Kier alpha value is -1.24. The zero-order valence-corrected chi connectivity index (χ0v) is 11.0. The SMILES string of the molecule is CCCCCCO[C]=C(CC)c1[c]cccc1. The van der Waals surface area contributed by atoms with E-state index in [9.17, 15) is 0 Å². The number of allylic oxidation sites excluding steroid dienone is 1. The van der Waals surface area contributed by atoms with Gasteiger partial charge in [-0.3, -0.25) is 0 Å². The van der Waals surface area contributed by atoms with Crippen LogP contribution in [0, 0.1) is 12.3 Å². The van der Waals surface area contributed by atoms with Crippen molar-refractivity contribution >= 4 is 5.57 Å². The van der Waals surface area contributed by atoms with E-state index in [1.54, 1.807) is 0 Å². The van der Waals surface area contributed by atoms with Gasteiger partial charge >= 0.3 is 0 Å². The molecule has 0 amide bonds. The van der Waals surface area contributed by atoms with Crippen molar-refractivity contribution in [3.05, 3.63) is 42.2 Å². The summed E-state index contributed by atoms with van der Waals surface area (Å²) in [7, 11) is 0. The Morgan fingerprint density at radius 2 is 2.12 bits per heavy atom. The summed E-state index contributed by atoms with van der Waals surface area (Å²) in [6.45, 7) is 5.10. The van der Waals surface area contributed by atoms with E-state index in [4.69, 9.17) is 4.74 Å². The van der Waals surface area contributed by atoms with E-state index in [1.807, 2.05) is 24.3 Å². The van der Waals surface area contributed by atoms with Crippen LogP contribution in [0.1, 0.15) is 51.5 Å². The fourth-order valence-corrected chi connectivity index (χ4v) is 1.64. The molecule has 0 aromatic heterocycles. The van der Waals surface area contributed by atoms with Gasteiger partial charge in [-0.2, -0.15) is 0 Å². The summed E-state index contributed by atoms with van der Waals surface area (Å²) in [5, 5.41) is 0. The third-order valence-electron chi connectivity index (χ3n) is 2.68. The lowest BCUT2D eigenvalue weighted by Gasteiger charge is -2.05. The van der Waals surface area contributed by atoms with Crippen LogP contribution in [0.4, 0.5) is 0 Å². The van der Waals surface area contributed by atoms with Crippen LogP contribution < -0.4 is 0 Å². The Balaban J connectivity index is 2.35. The molecule has 0 spiro atoms. The predicted octanol–water partition coefficient (Wildman–Crippen LogP) is 4.64. The van der Waals surface area contributed by atoms with Crippen molar-refractivity contribution in [3.63, 3.8) is 0 Å². The molecule has 0 fully saturated rings. The highest BCUT2D eigenvalue weighted by molar-refractivity contribution is 5.61. The van der Waals surface area contributed by atoms with Crippen molar-refractivity contribution in [2.24, 2.45) is 0 Å². The number of hydrogen-bond acceptors (Lipinski definition) is 1. The minimum Gasteiger partial charge on any atom is -0.489 e. The molecule has 0 atom stereocenters. The highest BCUT2D eigenvalue weighted by Gasteiger charge is 1.99.